The first-order valence-corrected chi connectivity index (χ1v) is 10.3. The molecular formula is C21H22ClNO3S. The van der Waals surface area contributed by atoms with Crippen LogP contribution in [0.1, 0.15) is 59.0 Å². The Labute approximate surface area is 168 Å². The first-order chi connectivity index (χ1) is 13.0. The van der Waals surface area contributed by atoms with Gasteiger partial charge in [0.05, 0.1) is 12.2 Å². The van der Waals surface area contributed by atoms with Gasteiger partial charge in [-0.2, -0.15) is 0 Å². The number of fused-ring (bicyclic) bond motifs is 1. The van der Waals surface area contributed by atoms with Gasteiger partial charge in [0.1, 0.15) is 5.00 Å². The lowest BCUT2D eigenvalue weighted by Crippen LogP contribution is -2.15. The number of hydrogen-bond donors (Lipinski definition) is 1. The van der Waals surface area contributed by atoms with Crippen LogP contribution in [0, 0.1) is 0 Å². The molecule has 4 nitrogen and oxygen atoms in total. The van der Waals surface area contributed by atoms with Crippen molar-refractivity contribution in [2.24, 2.45) is 0 Å². The lowest BCUT2D eigenvalue weighted by Gasteiger charge is -2.19. The normalized spacial score (nSPS) is 16.2. The van der Waals surface area contributed by atoms with E-state index in [1.807, 2.05) is 18.2 Å². The second kappa shape index (κ2) is 8.72. The zero-order chi connectivity index (χ0) is 19.4. The number of nitrogens with one attached hydrogen (secondary N) is 1. The van der Waals surface area contributed by atoms with E-state index in [2.05, 4.69) is 12.2 Å². The van der Waals surface area contributed by atoms with E-state index in [1.165, 1.54) is 22.3 Å². The van der Waals surface area contributed by atoms with Crippen molar-refractivity contribution in [1.82, 2.24) is 0 Å². The first kappa shape index (κ1) is 19.6. The van der Waals surface area contributed by atoms with Gasteiger partial charge in [-0.05, 0) is 55.4 Å². The summed E-state index contributed by atoms with van der Waals surface area (Å²) in [6.07, 6.45) is 6.16. The summed E-state index contributed by atoms with van der Waals surface area (Å²) < 4.78 is 5.25. The molecule has 0 radical (unpaired) electrons. The maximum Gasteiger partial charge on any atom is 0.341 e. The molecule has 1 aliphatic carbocycles. The Hall–Kier alpha value is -2.11. The van der Waals surface area contributed by atoms with Crippen LogP contribution in [-0.2, 0) is 16.0 Å². The SMILES string of the molecule is CCOC(=O)c1c(NC(=O)/C=C/c2ccccc2Cl)sc2c1C(C)CCC2. The van der Waals surface area contributed by atoms with Crippen LogP contribution in [0.3, 0.4) is 0 Å². The maximum absolute atomic E-state index is 12.5. The van der Waals surface area contributed by atoms with Gasteiger partial charge in [0.2, 0.25) is 5.91 Å². The van der Waals surface area contributed by atoms with Crippen molar-refractivity contribution in [3.05, 3.63) is 56.9 Å². The Morgan fingerprint density at radius 3 is 2.89 bits per heavy atom. The van der Waals surface area contributed by atoms with Crippen LogP contribution in [0.4, 0.5) is 5.00 Å². The van der Waals surface area contributed by atoms with Gasteiger partial charge in [-0.15, -0.1) is 11.3 Å². The van der Waals surface area contributed by atoms with E-state index >= 15 is 0 Å². The van der Waals surface area contributed by atoms with Crippen molar-refractivity contribution in [2.45, 2.75) is 39.0 Å². The number of hydrogen-bond acceptors (Lipinski definition) is 4. The first-order valence-electron chi connectivity index (χ1n) is 9.07. The highest BCUT2D eigenvalue weighted by Gasteiger charge is 2.30. The van der Waals surface area contributed by atoms with Crippen LogP contribution in [0.25, 0.3) is 6.08 Å². The van der Waals surface area contributed by atoms with Gasteiger partial charge in [-0.25, -0.2) is 4.79 Å². The Morgan fingerprint density at radius 2 is 2.15 bits per heavy atom. The highest BCUT2D eigenvalue weighted by Crippen LogP contribution is 2.43. The van der Waals surface area contributed by atoms with E-state index in [-0.39, 0.29) is 17.8 Å². The number of thiophene rings is 1. The van der Waals surface area contributed by atoms with E-state index in [0.29, 0.717) is 22.2 Å². The molecule has 2 aromatic rings. The third-order valence-corrected chi connectivity index (χ3v) is 6.12. The number of carbonyl (C=O) groups is 2. The number of halogens is 1. The van der Waals surface area contributed by atoms with Crippen LogP contribution >= 0.6 is 22.9 Å². The average Bonchev–Trinajstić information content (AvgIpc) is 3.00. The molecule has 1 atom stereocenters. The lowest BCUT2D eigenvalue weighted by molar-refractivity contribution is -0.111. The molecule has 0 fully saturated rings. The molecule has 6 heteroatoms. The van der Waals surface area contributed by atoms with Gasteiger partial charge >= 0.3 is 5.97 Å². The second-order valence-electron chi connectivity index (χ2n) is 6.50. The van der Waals surface area contributed by atoms with Gasteiger partial charge in [-0.1, -0.05) is 36.7 Å². The van der Waals surface area contributed by atoms with E-state index in [9.17, 15) is 9.59 Å². The number of anilines is 1. The van der Waals surface area contributed by atoms with E-state index in [4.69, 9.17) is 16.3 Å². The molecule has 0 saturated carbocycles. The Balaban J connectivity index is 1.86. The number of esters is 1. The number of carbonyl (C=O) groups excluding carboxylic acids is 2. The molecular weight excluding hydrogens is 382 g/mol. The van der Waals surface area contributed by atoms with Gasteiger partial charge in [0.25, 0.3) is 0 Å². The third kappa shape index (κ3) is 4.42. The summed E-state index contributed by atoms with van der Waals surface area (Å²) in [4.78, 5) is 26.2. The predicted molar refractivity (Wildman–Crippen MR) is 111 cm³/mol. The van der Waals surface area contributed by atoms with Crippen LogP contribution in [-0.4, -0.2) is 18.5 Å². The Morgan fingerprint density at radius 1 is 1.37 bits per heavy atom. The molecule has 142 valence electrons. The minimum atomic E-state index is -0.367. The molecule has 3 rings (SSSR count). The number of amides is 1. The van der Waals surface area contributed by atoms with Crippen LogP contribution in [0.2, 0.25) is 5.02 Å². The van der Waals surface area contributed by atoms with Gasteiger partial charge in [-0.3, -0.25) is 4.79 Å². The zero-order valence-corrected chi connectivity index (χ0v) is 17.0. The molecule has 27 heavy (non-hydrogen) atoms. The minimum absolute atomic E-state index is 0.286. The van der Waals surface area contributed by atoms with Crippen molar-refractivity contribution in [1.29, 1.82) is 0 Å². The van der Waals surface area contributed by atoms with Crippen LogP contribution in [0.5, 0.6) is 0 Å². The summed E-state index contributed by atoms with van der Waals surface area (Å²) in [5, 5.41) is 4.01. The number of aryl methyl sites for hydroxylation is 1. The summed E-state index contributed by atoms with van der Waals surface area (Å²) in [5.41, 5.74) is 2.32. The van der Waals surface area contributed by atoms with Gasteiger partial charge in [0, 0.05) is 16.0 Å². The highest BCUT2D eigenvalue weighted by molar-refractivity contribution is 7.17. The fraction of sp³-hybridized carbons (Fsp3) is 0.333. The van der Waals surface area contributed by atoms with Gasteiger partial charge < -0.3 is 10.1 Å². The van der Waals surface area contributed by atoms with E-state index < -0.39 is 0 Å². The molecule has 0 aliphatic heterocycles. The zero-order valence-electron chi connectivity index (χ0n) is 15.4. The van der Waals surface area contributed by atoms with E-state index in [0.717, 1.165) is 30.4 Å². The summed E-state index contributed by atoms with van der Waals surface area (Å²) in [6.45, 7) is 4.21. The number of rotatable bonds is 5. The molecule has 1 heterocycles. The summed E-state index contributed by atoms with van der Waals surface area (Å²) >= 11 is 7.59. The predicted octanol–water partition coefficient (Wildman–Crippen LogP) is 5.67. The van der Waals surface area contributed by atoms with Crippen molar-refractivity contribution in [3.63, 3.8) is 0 Å². The third-order valence-electron chi connectivity index (χ3n) is 4.59. The smallest absolute Gasteiger partial charge is 0.341 e. The second-order valence-corrected chi connectivity index (χ2v) is 8.01. The summed E-state index contributed by atoms with van der Waals surface area (Å²) in [6, 6.07) is 7.30. The van der Waals surface area contributed by atoms with Crippen molar-refractivity contribution in [3.8, 4) is 0 Å². The molecule has 0 spiro atoms. The highest BCUT2D eigenvalue weighted by atomic mass is 35.5. The Bertz CT molecular complexity index is 888. The van der Waals surface area contributed by atoms with Crippen LogP contribution in [0.15, 0.2) is 30.3 Å². The molecule has 0 bridgehead atoms. The van der Waals surface area contributed by atoms with Crippen molar-refractivity contribution < 1.29 is 14.3 Å². The topological polar surface area (TPSA) is 55.4 Å². The van der Waals surface area contributed by atoms with Crippen molar-refractivity contribution >= 4 is 45.9 Å². The number of benzene rings is 1. The molecule has 1 unspecified atom stereocenters. The molecule has 1 aromatic heterocycles. The monoisotopic (exact) mass is 403 g/mol. The van der Waals surface area contributed by atoms with E-state index in [1.54, 1.807) is 19.1 Å². The molecule has 1 amide bonds. The van der Waals surface area contributed by atoms with Crippen molar-refractivity contribution in [2.75, 3.05) is 11.9 Å². The largest absolute Gasteiger partial charge is 0.462 e. The number of ether oxygens (including phenoxy) is 1. The standard InChI is InChI=1S/C21H22ClNO3S/c1-3-26-21(25)19-18-13(2)7-6-10-16(18)27-20(19)23-17(24)12-11-14-8-4-5-9-15(14)22/h4-5,8-9,11-13H,3,6-7,10H2,1-2H3,(H,23,24)/b12-11+. The van der Waals surface area contributed by atoms with Crippen LogP contribution < -0.4 is 5.32 Å². The summed E-state index contributed by atoms with van der Waals surface area (Å²) in [5.74, 6) is -0.380. The quantitative estimate of drug-likeness (QED) is 0.516. The average molecular weight is 404 g/mol. The van der Waals surface area contributed by atoms with Gasteiger partial charge in [0.15, 0.2) is 0 Å². The molecule has 0 saturated heterocycles. The molecule has 1 aliphatic rings. The summed E-state index contributed by atoms with van der Waals surface area (Å²) in [7, 11) is 0. The fourth-order valence-corrected chi connectivity index (χ4v) is 4.89. The molecule has 1 N–H and O–H groups in total. The fourth-order valence-electron chi connectivity index (χ4n) is 3.33. The molecule has 1 aromatic carbocycles. The Kier molecular flexibility index (Phi) is 6.34. The lowest BCUT2D eigenvalue weighted by atomic mass is 9.86. The minimum Gasteiger partial charge on any atom is -0.462 e. The maximum atomic E-state index is 12.5.